The predicted octanol–water partition coefficient (Wildman–Crippen LogP) is 2.75. The molecule has 14 heavy (non-hydrogen) atoms. The van der Waals surface area contributed by atoms with Crippen molar-refractivity contribution in [1.29, 1.82) is 0 Å². The first kappa shape index (κ1) is 11.3. The van der Waals surface area contributed by atoms with E-state index in [0.29, 0.717) is 5.57 Å². The van der Waals surface area contributed by atoms with Gasteiger partial charge in [0.05, 0.1) is 0 Å². The first-order chi connectivity index (χ1) is 6.72. The highest BCUT2D eigenvalue weighted by Crippen LogP contribution is 2.12. The molecular formula is C12H21NO. The molecule has 0 atom stereocenters. The third-order valence-corrected chi connectivity index (χ3v) is 2.76. The Morgan fingerprint density at radius 2 is 1.43 bits per heavy atom. The molecule has 2 nitrogen and oxygen atoms in total. The highest BCUT2D eigenvalue weighted by Gasteiger charge is 2.13. The number of hydrogen-bond donors (Lipinski definition) is 0. The van der Waals surface area contributed by atoms with Gasteiger partial charge in [-0.05, 0) is 19.8 Å². The maximum Gasteiger partial charge on any atom is 0.248 e. The number of hydrogen-bond acceptors (Lipinski definition) is 1. The molecule has 0 unspecified atom stereocenters. The molecule has 1 saturated heterocycles. The van der Waals surface area contributed by atoms with Crippen molar-refractivity contribution < 1.29 is 4.79 Å². The quantitative estimate of drug-likeness (QED) is 0.589. The summed E-state index contributed by atoms with van der Waals surface area (Å²) < 4.78 is 0. The summed E-state index contributed by atoms with van der Waals surface area (Å²) in [4.78, 5) is 13.7. The average molecular weight is 195 g/mol. The molecule has 0 bridgehead atoms. The predicted molar refractivity (Wildman–Crippen MR) is 59.1 cm³/mol. The lowest BCUT2D eigenvalue weighted by Gasteiger charge is -2.21. The number of carbonyl (C=O) groups is 1. The van der Waals surface area contributed by atoms with E-state index in [9.17, 15) is 4.79 Å². The largest absolute Gasteiger partial charge is 0.339 e. The maximum absolute atomic E-state index is 11.7. The van der Waals surface area contributed by atoms with Gasteiger partial charge in [-0.3, -0.25) is 4.79 Å². The Morgan fingerprint density at radius 3 is 1.86 bits per heavy atom. The fourth-order valence-electron chi connectivity index (χ4n) is 1.90. The molecule has 0 aliphatic carbocycles. The zero-order chi connectivity index (χ0) is 10.4. The van der Waals surface area contributed by atoms with Crippen LogP contribution in [0.25, 0.3) is 0 Å². The molecule has 0 aromatic carbocycles. The molecule has 0 saturated carbocycles. The van der Waals surface area contributed by atoms with Crippen LogP contribution in [0.15, 0.2) is 12.2 Å². The first-order valence-electron chi connectivity index (χ1n) is 5.66. The molecule has 0 aromatic heterocycles. The van der Waals surface area contributed by atoms with Crippen LogP contribution in [0.3, 0.4) is 0 Å². The van der Waals surface area contributed by atoms with Gasteiger partial charge in [0, 0.05) is 18.7 Å². The third kappa shape index (κ3) is 3.52. The molecule has 0 N–H and O–H groups in total. The Hall–Kier alpha value is -0.790. The lowest BCUT2D eigenvalue weighted by atomic mass is 10.1. The summed E-state index contributed by atoms with van der Waals surface area (Å²) in [7, 11) is 0. The van der Waals surface area contributed by atoms with Crippen LogP contribution in [0.4, 0.5) is 0 Å². The topological polar surface area (TPSA) is 20.3 Å². The molecule has 2 heteroatoms. The van der Waals surface area contributed by atoms with Gasteiger partial charge in [0.25, 0.3) is 0 Å². The van der Waals surface area contributed by atoms with Crippen LogP contribution in [0.2, 0.25) is 0 Å². The lowest BCUT2D eigenvalue weighted by molar-refractivity contribution is -0.127. The van der Waals surface area contributed by atoms with Gasteiger partial charge < -0.3 is 4.90 Å². The van der Waals surface area contributed by atoms with Crippen LogP contribution >= 0.6 is 0 Å². The van der Waals surface area contributed by atoms with Crippen LogP contribution in [-0.4, -0.2) is 23.9 Å². The minimum atomic E-state index is 0.145. The summed E-state index contributed by atoms with van der Waals surface area (Å²) in [5.74, 6) is 0.145. The summed E-state index contributed by atoms with van der Waals surface area (Å²) in [5.41, 5.74) is 0.671. The van der Waals surface area contributed by atoms with Crippen LogP contribution in [-0.2, 0) is 4.79 Å². The van der Waals surface area contributed by atoms with Gasteiger partial charge in [-0.1, -0.05) is 32.3 Å². The van der Waals surface area contributed by atoms with Crippen LogP contribution in [0.5, 0.6) is 0 Å². The van der Waals surface area contributed by atoms with Crippen LogP contribution < -0.4 is 0 Å². The second kappa shape index (κ2) is 5.84. The summed E-state index contributed by atoms with van der Waals surface area (Å²) in [6.07, 6.45) is 7.49. The van der Waals surface area contributed by atoms with Crippen molar-refractivity contribution in [2.24, 2.45) is 0 Å². The Labute approximate surface area is 87.0 Å². The third-order valence-electron chi connectivity index (χ3n) is 2.76. The van der Waals surface area contributed by atoms with E-state index in [4.69, 9.17) is 0 Å². The van der Waals surface area contributed by atoms with E-state index < -0.39 is 0 Å². The van der Waals surface area contributed by atoms with Crippen molar-refractivity contribution in [1.82, 2.24) is 4.90 Å². The van der Waals surface area contributed by atoms with Crippen LogP contribution in [0.1, 0.15) is 45.4 Å². The highest BCUT2D eigenvalue weighted by atomic mass is 16.2. The Balaban J connectivity index is 2.47. The van der Waals surface area contributed by atoms with E-state index in [1.54, 1.807) is 6.92 Å². The second-order valence-corrected chi connectivity index (χ2v) is 4.19. The van der Waals surface area contributed by atoms with Gasteiger partial charge in [0.2, 0.25) is 5.91 Å². The summed E-state index contributed by atoms with van der Waals surface area (Å²) in [6, 6.07) is 0. The smallest absolute Gasteiger partial charge is 0.248 e. The molecule has 0 spiro atoms. The Kier molecular flexibility index (Phi) is 4.71. The van der Waals surface area contributed by atoms with Crippen molar-refractivity contribution in [2.75, 3.05) is 13.1 Å². The summed E-state index contributed by atoms with van der Waals surface area (Å²) in [5, 5.41) is 0. The van der Waals surface area contributed by atoms with Gasteiger partial charge in [-0.15, -0.1) is 0 Å². The van der Waals surface area contributed by atoms with E-state index in [2.05, 4.69) is 6.58 Å². The maximum atomic E-state index is 11.7. The molecule has 1 aliphatic heterocycles. The average Bonchev–Trinajstić information content (AvgIpc) is 2.29. The molecular weight excluding hydrogens is 174 g/mol. The van der Waals surface area contributed by atoms with E-state index in [1.807, 2.05) is 4.90 Å². The molecule has 1 heterocycles. The zero-order valence-corrected chi connectivity index (χ0v) is 9.22. The molecule has 0 aromatic rings. The van der Waals surface area contributed by atoms with Crippen LogP contribution in [0, 0.1) is 0 Å². The summed E-state index contributed by atoms with van der Waals surface area (Å²) in [6.45, 7) is 7.36. The molecule has 1 rings (SSSR count). The van der Waals surface area contributed by atoms with Gasteiger partial charge in [-0.25, -0.2) is 0 Å². The molecule has 80 valence electrons. The van der Waals surface area contributed by atoms with Crippen molar-refractivity contribution in [2.45, 2.75) is 45.4 Å². The Morgan fingerprint density at radius 1 is 1.00 bits per heavy atom. The van der Waals surface area contributed by atoms with E-state index in [-0.39, 0.29) is 5.91 Å². The monoisotopic (exact) mass is 195 g/mol. The normalized spacial score (nSPS) is 19.4. The number of amides is 1. The molecule has 1 aliphatic rings. The number of carbonyl (C=O) groups excluding carboxylic acids is 1. The van der Waals surface area contributed by atoms with Crippen molar-refractivity contribution in [3.8, 4) is 0 Å². The highest BCUT2D eigenvalue weighted by molar-refractivity contribution is 5.92. The van der Waals surface area contributed by atoms with Gasteiger partial charge in [0.1, 0.15) is 0 Å². The fraction of sp³-hybridized carbons (Fsp3) is 0.750. The molecule has 0 radical (unpaired) electrons. The summed E-state index contributed by atoms with van der Waals surface area (Å²) >= 11 is 0. The number of rotatable bonds is 1. The van der Waals surface area contributed by atoms with E-state index >= 15 is 0 Å². The van der Waals surface area contributed by atoms with Gasteiger partial charge in [0.15, 0.2) is 0 Å². The van der Waals surface area contributed by atoms with Gasteiger partial charge in [-0.2, -0.15) is 0 Å². The van der Waals surface area contributed by atoms with Crippen molar-refractivity contribution >= 4 is 5.91 Å². The molecule has 1 fully saturated rings. The van der Waals surface area contributed by atoms with Crippen molar-refractivity contribution in [3.05, 3.63) is 12.2 Å². The zero-order valence-electron chi connectivity index (χ0n) is 9.22. The number of nitrogens with zero attached hydrogens (tertiary/aromatic N) is 1. The fourth-order valence-corrected chi connectivity index (χ4v) is 1.90. The first-order valence-corrected chi connectivity index (χ1v) is 5.66. The minimum Gasteiger partial charge on any atom is -0.339 e. The second-order valence-electron chi connectivity index (χ2n) is 4.19. The SMILES string of the molecule is C=C(C)C(=O)N1CCCCCCCC1. The van der Waals surface area contributed by atoms with Gasteiger partial charge >= 0.3 is 0 Å². The standard InChI is InChI=1S/C12H21NO/c1-11(2)12(14)13-9-7-5-3-4-6-8-10-13/h1,3-10H2,2H3. The molecule has 1 amide bonds. The minimum absolute atomic E-state index is 0.145. The Bertz CT molecular complexity index is 200. The van der Waals surface area contributed by atoms with E-state index in [0.717, 1.165) is 25.9 Å². The lowest BCUT2D eigenvalue weighted by Crippen LogP contribution is -2.33. The van der Waals surface area contributed by atoms with Crippen molar-refractivity contribution in [3.63, 3.8) is 0 Å². The van der Waals surface area contributed by atoms with E-state index in [1.165, 1.54) is 25.7 Å².